The number of rotatable bonds is 1. The van der Waals surface area contributed by atoms with Crippen molar-refractivity contribution >= 4 is 0 Å². The van der Waals surface area contributed by atoms with E-state index >= 15 is 0 Å². The predicted molar refractivity (Wildman–Crippen MR) is 75.2 cm³/mol. The SMILES string of the molecule is CC(C)=CC1(O)CCCCCCCCCCC1. The molecule has 0 bridgehead atoms. The van der Waals surface area contributed by atoms with E-state index in [1.165, 1.54) is 63.4 Å². The maximum Gasteiger partial charge on any atom is 0.0830 e. The highest BCUT2D eigenvalue weighted by Gasteiger charge is 2.22. The summed E-state index contributed by atoms with van der Waals surface area (Å²) < 4.78 is 0. The fourth-order valence-electron chi connectivity index (χ4n) is 2.91. The smallest absolute Gasteiger partial charge is 0.0830 e. The van der Waals surface area contributed by atoms with Crippen LogP contribution in [0.3, 0.4) is 0 Å². The molecule has 0 spiro atoms. The van der Waals surface area contributed by atoms with Gasteiger partial charge < -0.3 is 5.11 Å². The summed E-state index contributed by atoms with van der Waals surface area (Å²) in [5.41, 5.74) is 0.734. The molecule has 1 rings (SSSR count). The van der Waals surface area contributed by atoms with E-state index in [0.717, 1.165) is 12.8 Å². The van der Waals surface area contributed by atoms with E-state index in [9.17, 15) is 5.11 Å². The van der Waals surface area contributed by atoms with Crippen molar-refractivity contribution in [2.45, 2.75) is 90.1 Å². The lowest BCUT2D eigenvalue weighted by Gasteiger charge is -2.26. The minimum atomic E-state index is -0.516. The van der Waals surface area contributed by atoms with Crippen LogP contribution < -0.4 is 0 Å². The summed E-state index contributed by atoms with van der Waals surface area (Å²) in [4.78, 5) is 0. The zero-order chi connectivity index (χ0) is 12.6. The summed E-state index contributed by atoms with van der Waals surface area (Å²) >= 11 is 0. The Hall–Kier alpha value is -0.300. The average molecular weight is 238 g/mol. The lowest BCUT2D eigenvalue weighted by Crippen LogP contribution is -2.26. The molecule has 0 saturated heterocycles. The van der Waals surface area contributed by atoms with Gasteiger partial charge in [0.05, 0.1) is 5.60 Å². The summed E-state index contributed by atoms with van der Waals surface area (Å²) in [5.74, 6) is 0. The van der Waals surface area contributed by atoms with E-state index in [4.69, 9.17) is 0 Å². The normalized spacial score (nSPS) is 23.2. The van der Waals surface area contributed by atoms with Gasteiger partial charge in [-0.05, 0) is 26.7 Å². The van der Waals surface area contributed by atoms with Gasteiger partial charge in [-0.15, -0.1) is 0 Å². The molecule has 0 atom stereocenters. The second-order valence-electron chi connectivity index (χ2n) is 6.01. The average Bonchev–Trinajstić information content (AvgIpc) is 2.22. The minimum absolute atomic E-state index is 0.516. The fourth-order valence-corrected chi connectivity index (χ4v) is 2.91. The van der Waals surface area contributed by atoms with Crippen LogP contribution >= 0.6 is 0 Å². The molecule has 0 unspecified atom stereocenters. The summed E-state index contributed by atoms with van der Waals surface area (Å²) in [7, 11) is 0. The molecule has 0 aromatic rings. The largest absolute Gasteiger partial charge is 0.386 e. The first-order valence-corrected chi connectivity index (χ1v) is 7.51. The summed E-state index contributed by atoms with van der Waals surface area (Å²) in [6.45, 7) is 4.18. The predicted octanol–water partition coefficient (Wildman–Crippen LogP) is 4.99. The van der Waals surface area contributed by atoms with Crippen molar-refractivity contribution in [3.8, 4) is 0 Å². The third-order valence-corrected chi connectivity index (χ3v) is 3.78. The lowest BCUT2D eigenvalue weighted by atomic mass is 9.87. The van der Waals surface area contributed by atoms with Gasteiger partial charge in [0.15, 0.2) is 0 Å². The Balaban J connectivity index is 2.50. The van der Waals surface area contributed by atoms with Crippen LogP contribution in [0.25, 0.3) is 0 Å². The second-order valence-corrected chi connectivity index (χ2v) is 6.01. The highest BCUT2D eigenvalue weighted by atomic mass is 16.3. The number of hydrogen-bond donors (Lipinski definition) is 1. The van der Waals surface area contributed by atoms with Crippen LogP contribution in [0.15, 0.2) is 11.6 Å². The van der Waals surface area contributed by atoms with E-state index in [1.807, 2.05) is 0 Å². The zero-order valence-corrected chi connectivity index (χ0v) is 11.8. The van der Waals surface area contributed by atoms with Crippen molar-refractivity contribution in [2.24, 2.45) is 0 Å². The van der Waals surface area contributed by atoms with Gasteiger partial charge in [0.1, 0.15) is 0 Å². The van der Waals surface area contributed by atoms with Gasteiger partial charge in [0.25, 0.3) is 0 Å². The second kappa shape index (κ2) is 7.92. The van der Waals surface area contributed by atoms with Crippen LogP contribution in [0.5, 0.6) is 0 Å². The maximum atomic E-state index is 10.6. The quantitative estimate of drug-likeness (QED) is 0.638. The van der Waals surface area contributed by atoms with Gasteiger partial charge in [-0.25, -0.2) is 0 Å². The Bertz CT molecular complexity index is 214. The third kappa shape index (κ3) is 6.88. The van der Waals surface area contributed by atoms with Crippen molar-refractivity contribution in [1.82, 2.24) is 0 Å². The molecule has 0 heterocycles. The van der Waals surface area contributed by atoms with E-state index in [-0.39, 0.29) is 0 Å². The van der Waals surface area contributed by atoms with Crippen LogP contribution in [0.4, 0.5) is 0 Å². The molecule has 1 saturated carbocycles. The maximum absolute atomic E-state index is 10.6. The Kier molecular flexibility index (Phi) is 6.87. The molecular formula is C16H30O. The van der Waals surface area contributed by atoms with Crippen LogP contribution in [-0.2, 0) is 0 Å². The Morgan fingerprint density at radius 1 is 0.765 bits per heavy atom. The first-order chi connectivity index (χ1) is 8.12. The minimum Gasteiger partial charge on any atom is -0.386 e. The molecule has 0 aliphatic heterocycles. The first-order valence-electron chi connectivity index (χ1n) is 7.51. The van der Waals surface area contributed by atoms with Gasteiger partial charge in [-0.3, -0.25) is 0 Å². The van der Waals surface area contributed by atoms with Gasteiger partial charge >= 0.3 is 0 Å². The van der Waals surface area contributed by atoms with Crippen LogP contribution in [0, 0.1) is 0 Å². The molecule has 1 aliphatic carbocycles. The van der Waals surface area contributed by atoms with E-state index < -0.39 is 5.60 Å². The topological polar surface area (TPSA) is 20.2 Å². The van der Waals surface area contributed by atoms with Crippen molar-refractivity contribution in [2.75, 3.05) is 0 Å². The highest BCUT2D eigenvalue weighted by molar-refractivity contribution is 5.06. The Morgan fingerprint density at radius 3 is 1.47 bits per heavy atom. The molecular weight excluding hydrogens is 208 g/mol. The van der Waals surface area contributed by atoms with Gasteiger partial charge in [0.2, 0.25) is 0 Å². The standard InChI is InChI=1S/C16H30O/c1-15(2)14-16(17)12-10-8-6-4-3-5-7-9-11-13-16/h14,17H,3-13H2,1-2H3. The van der Waals surface area contributed by atoms with E-state index in [2.05, 4.69) is 19.9 Å². The molecule has 0 radical (unpaired) electrons. The molecule has 0 aromatic carbocycles. The summed E-state index contributed by atoms with van der Waals surface area (Å²) in [6.07, 6.45) is 15.9. The van der Waals surface area contributed by atoms with E-state index in [0.29, 0.717) is 0 Å². The van der Waals surface area contributed by atoms with Gasteiger partial charge in [0, 0.05) is 0 Å². The lowest BCUT2D eigenvalue weighted by molar-refractivity contribution is 0.0651. The molecule has 1 nitrogen and oxygen atoms in total. The highest BCUT2D eigenvalue weighted by Crippen LogP contribution is 2.26. The van der Waals surface area contributed by atoms with Crippen molar-refractivity contribution < 1.29 is 5.11 Å². The molecule has 1 heteroatoms. The Labute approximate surface area is 107 Å². The molecule has 1 fully saturated rings. The number of allylic oxidation sites excluding steroid dienone is 1. The zero-order valence-electron chi connectivity index (χ0n) is 11.8. The summed E-state index contributed by atoms with van der Waals surface area (Å²) in [6, 6.07) is 0. The third-order valence-electron chi connectivity index (χ3n) is 3.78. The number of hydrogen-bond acceptors (Lipinski definition) is 1. The Morgan fingerprint density at radius 2 is 1.12 bits per heavy atom. The van der Waals surface area contributed by atoms with E-state index in [1.54, 1.807) is 0 Å². The van der Waals surface area contributed by atoms with Crippen molar-refractivity contribution in [1.29, 1.82) is 0 Å². The molecule has 100 valence electrons. The summed E-state index contributed by atoms with van der Waals surface area (Å²) in [5, 5.41) is 10.6. The van der Waals surface area contributed by atoms with Crippen molar-refractivity contribution in [3.05, 3.63) is 11.6 Å². The first kappa shape index (κ1) is 14.8. The molecule has 0 aromatic heterocycles. The van der Waals surface area contributed by atoms with Crippen LogP contribution in [0.1, 0.15) is 84.5 Å². The number of aliphatic hydroxyl groups is 1. The van der Waals surface area contributed by atoms with Crippen LogP contribution in [0.2, 0.25) is 0 Å². The fraction of sp³-hybridized carbons (Fsp3) is 0.875. The van der Waals surface area contributed by atoms with Gasteiger partial charge in [-0.1, -0.05) is 69.4 Å². The molecule has 17 heavy (non-hydrogen) atoms. The molecule has 0 amide bonds. The molecule has 1 N–H and O–H groups in total. The monoisotopic (exact) mass is 238 g/mol. The molecule has 1 aliphatic rings. The van der Waals surface area contributed by atoms with Gasteiger partial charge in [-0.2, -0.15) is 0 Å². The van der Waals surface area contributed by atoms with Crippen molar-refractivity contribution in [3.63, 3.8) is 0 Å². The van der Waals surface area contributed by atoms with Crippen LogP contribution in [-0.4, -0.2) is 10.7 Å².